The first-order chi connectivity index (χ1) is 9.07. The average molecular weight is 339 g/mol. The molecule has 0 aliphatic rings. The van der Waals surface area contributed by atoms with Crippen molar-refractivity contribution in [1.29, 1.82) is 0 Å². The minimum atomic E-state index is -3.68. The molecule has 0 bridgehead atoms. The third-order valence-electron chi connectivity index (χ3n) is 2.40. The summed E-state index contributed by atoms with van der Waals surface area (Å²) in [5.74, 6) is 0. The summed E-state index contributed by atoms with van der Waals surface area (Å²) in [5, 5.41) is 3.68. The van der Waals surface area contributed by atoms with Crippen LogP contribution in [-0.2, 0) is 16.6 Å². The summed E-state index contributed by atoms with van der Waals surface area (Å²) in [4.78, 5) is 0.0476. The van der Waals surface area contributed by atoms with Crippen LogP contribution in [0, 0.1) is 0 Å². The van der Waals surface area contributed by atoms with Crippen molar-refractivity contribution in [2.75, 3.05) is 6.54 Å². The summed E-state index contributed by atoms with van der Waals surface area (Å²) in [7, 11) is -3.68. The van der Waals surface area contributed by atoms with E-state index in [1.54, 1.807) is 20.8 Å². The van der Waals surface area contributed by atoms with Crippen LogP contribution in [0.2, 0.25) is 10.0 Å². The van der Waals surface area contributed by atoms with Gasteiger partial charge in [0, 0.05) is 17.1 Å². The number of hydrogen-bond donors (Lipinski definition) is 2. The average Bonchev–Trinajstić information content (AvgIpc) is 2.24. The highest BCUT2D eigenvalue weighted by Crippen LogP contribution is 2.29. The molecular weight excluding hydrogens is 319 g/mol. The molecule has 2 N–H and O–H groups in total. The highest BCUT2D eigenvalue weighted by Gasteiger charge is 2.25. The topological polar surface area (TPSA) is 58.2 Å². The van der Waals surface area contributed by atoms with E-state index in [2.05, 4.69) is 10.0 Å². The van der Waals surface area contributed by atoms with Crippen LogP contribution in [0.15, 0.2) is 17.0 Å². The van der Waals surface area contributed by atoms with Gasteiger partial charge in [0.25, 0.3) is 0 Å². The van der Waals surface area contributed by atoms with Gasteiger partial charge in [0.1, 0.15) is 4.90 Å². The van der Waals surface area contributed by atoms with Gasteiger partial charge >= 0.3 is 0 Å². The minimum absolute atomic E-state index is 0.0476. The van der Waals surface area contributed by atoms with Gasteiger partial charge in [-0.15, -0.1) is 0 Å². The number of rotatable bonds is 5. The van der Waals surface area contributed by atoms with Gasteiger partial charge in [-0.3, -0.25) is 0 Å². The Morgan fingerprint density at radius 2 is 1.75 bits per heavy atom. The molecule has 0 spiro atoms. The molecule has 0 fully saturated rings. The van der Waals surface area contributed by atoms with Gasteiger partial charge in [0.2, 0.25) is 10.0 Å². The molecule has 0 amide bonds. The molecule has 114 valence electrons. The van der Waals surface area contributed by atoms with Crippen LogP contribution in [-0.4, -0.2) is 20.5 Å². The summed E-state index contributed by atoms with van der Waals surface area (Å²) in [5.41, 5.74) is 0.121. The standard InChI is InChI=1S/C13H20Cl2N2O2S/c1-5-16-8-9-6-12(11(15)7-10(9)14)20(18,19)17-13(2,3)4/h6-7,16-17H,5,8H2,1-4H3. The van der Waals surface area contributed by atoms with E-state index in [1.165, 1.54) is 12.1 Å². The lowest BCUT2D eigenvalue weighted by molar-refractivity contribution is 0.491. The first-order valence-electron chi connectivity index (χ1n) is 6.29. The van der Waals surface area contributed by atoms with Crippen molar-refractivity contribution in [2.24, 2.45) is 0 Å². The lowest BCUT2D eigenvalue weighted by Crippen LogP contribution is -2.40. The van der Waals surface area contributed by atoms with Crippen LogP contribution in [0.1, 0.15) is 33.3 Å². The van der Waals surface area contributed by atoms with E-state index >= 15 is 0 Å². The Morgan fingerprint density at radius 1 is 1.15 bits per heavy atom. The molecule has 20 heavy (non-hydrogen) atoms. The molecule has 1 rings (SSSR count). The Bertz CT molecular complexity index is 581. The van der Waals surface area contributed by atoms with E-state index in [0.717, 1.165) is 6.54 Å². The van der Waals surface area contributed by atoms with E-state index in [-0.39, 0.29) is 9.92 Å². The Morgan fingerprint density at radius 3 is 2.25 bits per heavy atom. The molecular formula is C13H20Cl2N2O2S. The van der Waals surface area contributed by atoms with Gasteiger partial charge in [0.05, 0.1) is 5.02 Å². The van der Waals surface area contributed by atoms with Crippen molar-refractivity contribution >= 4 is 33.2 Å². The molecule has 4 nitrogen and oxygen atoms in total. The molecule has 1 aromatic rings. The summed E-state index contributed by atoms with van der Waals surface area (Å²) in [6.07, 6.45) is 0. The Hall–Kier alpha value is -0.330. The predicted octanol–water partition coefficient (Wildman–Crippen LogP) is 3.18. The van der Waals surface area contributed by atoms with E-state index in [9.17, 15) is 8.42 Å². The molecule has 0 saturated heterocycles. The quantitative estimate of drug-likeness (QED) is 0.866. The van der Waals surface area contributed by atoms with Crippen molar-refractivity contribution in [1.82, 2.24) is 10.0 Å². The fourth-order valence-electron chi connectivity index (χ4n) is 1.63. The zero-order chi connectivity index (χ0) is 15.6. The lowest BCUT2D eigenvalue weighted by atomic mass is 10.1. The van der Waals surface area contributed by atoms with Crippen molar-refractivity contribution in [2.45, 2.75) is 44.7 Å². The van der Waals surface area contributed by atoms with Gasteiger partial charge in [-0.25, -0.2) is 13.1 Å². The molecule has 0 aliphatic carbocycles. The molecule has 0 aromatic heterocycles. The first-order valence-corrected chi connectivity index (χ1v) is 8.53. The van der Waals surface area contributed by atoms with Crippen LogP contribution in [0.25, 0.3) is 0 Å². The maximum Gasteiger partial charge on any atom is 0.242 e. The van der Waals surface area contributed by atoms with Gasteiger partial charge in [-0.2, -0.15) is 0 Å². The molecule has 0 saturated carbocycles. The Kier molecular flexibility index (Phi) is 5.87. The van der Waals surface area contributed by atoms with Crippen LogP contribution in [0.4, 0.5) is 0 Å². The van der Waals surface area contributed by atoms with Crippen molar-refractivity contribution in [3.8, 4) is 0 Å². The largest absolute Gasteiger partial charge is 0.313 e. The number of halogens is 2. The van der Waals surface area contributed by atoms with Gasteiger partial charge < -0.3 is 5.32 Å². The maximum absolute atomic E-state index is 12.3. The number of sulfonamides is 1. The molecule has 0 unspecified atom stereocenters. The zero-order valence-electron chi connectivity index (χ0n) is 12.0. The monoisotopic (exact) mass is 338 g/mol. The normalized spacial score (nSPS) is 12.7. The van der Waals surface area contributed by atoms with E-state index in [0.29, 0.717) is 17.1 Å². The van der Waals surface area contributed by atoms with Crippen molar-refractivity contribution < 1.29 is 8.42 Å². The first kappa shape index (κ1) is 17.7. The Labute approximate surface area is 130 Å². The molecule has 0 heterocycles. The summed E-state index contributed by atoms with van der Waals surface area (Å²) < 4.78 is 27.3. The highest BCUT2D eigenvalue weighted by atomic mass is 35.5. The number of benzene rings is 1. The lowest BCUT2D eigenvalue weighted by Gasteiger charge is -2.21. The predicted molar refractivity (Wildman–Crippen MR) is 83.9 cm³/mol. The number of nitrogens with one attached hydrogen (secondary N) is 2. The minimum Gasteiger partial charge on any atom is -0.313 e. The zero-order valence-corrected chi connectivity index (χ0v) is 14.4. The van der Waals surface area contributed by atoms with Crippen LogP contribution >= 0.6 is 23.2 Å². The van der Waals surface area contributed by atoms with Crippen LogP contribution < -0.4 is 10.0 Å². The van der Waals surface area contributed by atoms with E-state index in [1.807, 2.05) is 6.92 Å². The highest BCUT2D eigenvalue weighted by molar-refractivity contribution is 7.89. The molecule has 1 aromatic carbocycles. The molecule has 0 atom stereocenters. The van der Waals surface area contributed by atoms with Gasteiger partial charge in [0.15, 0.2) is 0 Å². The summed E-state index contributed by atoms with van der Waals surface area (Å²) in [6, 6.07) is 2.98. The maximum atomic E-state index is 12.3. The van der Waals surface area contributed by atoms with Gasteiger partial charge in [-0.05, 0) is 45.0 Å². The molecule has 7 heteroatoms. The smallest absolute Gasteiger partial charge is 0.242 e. The van der Waals surface area contributed by atoms with E-state index in [4.69, 9.17) is 23.2 Å². The fourth-order valence-corrected chi connectivity index (χ4v) is 3.91. The van der Waals surface area contributed by atoms with E-state index < -0.39 is 15.6 Å². The second-order valence-electron chi connectivity index (χ2n) is 5.51. The second kappa shape index (κ2) is 6.62. The fraction of sp³-hybridized carbons (Fsp3) is 0.538. The van der Waals surface area contributed by atoms with Gasteiger partial charge in [-0.1, -0.05) is 30.1 Å². The second-order valence-corrected chi connectivity index (χ2v) is 7.98. The molecule has 0 aliphatic heterocycles. The third kappa shape index (κ3) is 4.90. The SMILES string of the molecule is CCNCc1cc(S(=O)(=O)NC(C)(C)C)c(Cl)cc1Cl. The van der Waals surface area contributed by atoms with Crippen molar-refractivity contribution in [3.63, 3.8) is 0 Å². The Balaban J connectivity index is 3.24. The molecule has 0 radical (unpaired) electrons. The van der Waals surface area contributed by atoms with Crippen LogP contribution in [0.3, 0.4) is 0 Å². The number of hydrogen-bond acceptors (Lipinski definition) is 3. The third-order valence-corrected chi connectivity index (χ3v) is 4.97. The van der Waals surface area contributed by atoms with Crippen LogP contribution in [0.5, 0.6) is 0 Å². The van der Waals surface area contributed by atoms with Crippen molar-refractivity contribution in [3.05, 3.63) is 27.7 Å². The summed E-state index contributed by atoms with van der Waals surface area (Å²) in [6.45, 7) is 8.53. The summed E-state index contributed by atoms with van der Waals surface area (Å²) >= 11 is 12.1.